The van der Waals surface area contributed by atoms with Gasteiger partial charge in [0.05, 0.1) is 12.1 Å². The van der Waals surface area contributed by atoms with Crippen LogP contribution in [-0.4, -0.2) is 29.8 Å². The first-order valence-electron chi connectivity index (χ1n) is 8.19. The fourth-order valence-electron chi connectivity index (χ4n) is 2.68. The molecule has 0 atom stereocenters. The lowest BCUT2D eigenvalue weighted by Crippen LogP contribution is -2.29. The van der Waals surface area contributed by atoms with E-state index in [-0.39, 0.29) is 0 Å². The summed E-state index contributed by atoms with van der Waals surface area (Å²) in [6.45, 7) is 0.898. The Morgan fingerprint density at radius 1 is 1.35 bits per heavy atom. The van der Waals surface area contributed by atoms with E-state index in [0.717, 1.165) is 23.9 Å². The molecule has 23 heavy (non-hydrogen) atoms. The SMILES string of the molecule is COc1ccc(NC(=S)NCCCSC2CCCCC2)cc1Cl. The molecule has 3 nitrogen and oxygen atoms in total. The number of benzene rings is 1. The maximum absolute atomic E-state index is 6.10. The summed E-state index contributed by atoms with van der Waals surface area (Å²) < 4.78 is 5.14. The molecule has 1 aromatic rings. The largest absolute Gasteiger partial charge is 0.495 e. The molecule has 0 spiro atoms. The standard InChI is InChI=1S/C17H25ClN2OS2/c1-21-16-9-8-13(12-15(16)18)20-17(22)19-10-5-11-23-14-6-3-2-4-7-14/h8-9,12,14H,2-7,10-11H2,1H3,(H2,19,20,22). The molecule has 0 bridgehead atoms. The minimum atomic E-state index is 0.573. The van der Waals surface area contributed by atoms with Gasteiger partial charge in [-0.05, 0) is 55.4 Å². The van der Waals surface area contributed by atoms with E-state index in [1.165, 1.54) is 37.9 Å². The molecule has 0 amide bonds. The average molecular weight is 373 g/mol. The normalized spacial score (nSPS) is 15.2. The summed E-state index contributed by atoms with van der Waals surface area (Å²) in [5.41, 5.74) is 0.866. The van der Waals surface area contributed by atoms with Crippen LogP contribution in [0.5, 0.6) is 5.75 Å². The van der Waals surface area contributed by atoms with Crippen LogP contribution in [0.1, 0.15) is 38.5 Å². The first-order chi connectivity index (χ1) is 11.2. The van der Waals surface area contributed by atoms with Crippen molar-refractivity contribution in [3.8, 4) is 5.75 Å². The van der Waals surface area contributed by atoms with Crippen LogP contribution in [0.2, 0.25) is 5.02 Å². The highest BCUT2D eigenvalue weighted by Gasteiger charge is 2.12. The number of methoxy groups -OCH3 is 1. The van der Waals surface area contributed by atoms with Gasteiger partial charge in [-0.3, -0.25) is 0 Å². The van der Waals surface area contributed by atoms with E-state index in [1.54, 1.807) is 7.11 Å². The van der Waals surface area contributed by atoms with E-state index in [4.69, 9.17) is 28.6 Å². The third-order valence-corrected chi connectivity index (χ3v) is 5.93. The van der Waals surface area contributed by atoms with Gasteiger partial charge in [0, 0.05) is 17.5 Å². The number of nitrogens with one attached hydrogen (secondary N) is 2. The van der Waals surface area contributed by atoms with Crippen LogP contribution in [-0.2, 0) is 0 Å². The lowest BCUT2D eigenvalue weighted by Gasteiger charge is -2.20. The van der Waals surface area contributed by atoms with Gasteiger partial charge in [-0.1, -0.05) is 30.9 Å². The lowest BCUT2D eigenvalue weighted by atomic mass is 10.0. The predicted molar refractivity (Wildman–Crippen MR) is 106 cm³/mol. The Balaban J connectivity index is 1.60. The molecule has 1 saturated carbocycles. The number of rotatable bonds is 7. The Morgan fingerprint density at radius 2 is 2.13 bits per heavy atom. The van der Waals surface area contributed by atoms with Gasteiger partial charge in [-0.15, -0.1) is 0 Å². The van der Waals surface area contributed by atoms with Crippen molar-refractivity contribution < 1.29 is 4.74 Å². The summed E-state index contributed by atoms with van der Waals surface area (Å²) in [7, 11) is 1.60. The predicted octanol–water partition coefficient (Wildman–Crippen LogP) is 5.09. The average Bonchev–Trinajstić information content (AvgIpc) is 2.56. The third-order valence-electron chi connectivity index (χ3n) is 3.92. The van der Waals surface area contributed by atoms with Crippen LogP contribution in [0.15, 0.2) is 18.2 Å². The van der Waals surface area contributed by atoms with E-state index >= 15 is 0 Å². The maximum Gasteiger partial charge on any atom is 0.170 e. The molecule has 1 aliphatic carbocycles. The number of thiocarbonyl (C=S) groups is 1. The molecule has 2 rings (SSSR count). The molecule has 0 aromatic heterocycles. The minimum Gasteiger partial charge on any atom is -0.495 e. The van der Waals surface area contributed by atoms with Crippen molar-refractivity contribution in [1.29, 1.82) is 0 Å². The molecular formula is C17H25ClN2OS2. The van der Waals surface area contributed by atoms with Gasteiger partial charge in [-0.2, -0.15) is 11.8 Å². The van der Waals surface area contributed by atoms with Gasteiger partial charge >= 0.3 is 0 Å². The summed E-state index contributed by atoms with van der Waals surface area (Å²) in [4.78, 5) is 0. The summed E-state index contributed by atoms with van der Waals surface area (Å²) in [5.74, 6) is 1.87. The topological polar surface area (TPSA) is 33.3 Å². The molecule has 1 aromatic carbocycles. The van der Waals surface area contributed by atoms with Crippen molar-refractivity contribution in [3.05, 3.63) is 23.2 Å². The van der Waals surface area contributed by atoms with Crippen LogP contribution >= 0.6 is 35.6 Å². The fraction of sp³-hybridized carbons (Fsp3) is 0.588. The van der Waals surface area contributed by atoms with Gasteiger partial charge in [0.1, 0.15) is 5.75 Å². The van der Waals surface area contributed by atoms with Gasteiger partial charge < -0.3 is 15.4 Å². The molecule has 0 saturated heterocycles. The summed E-state index contributed by atoms with van der Waals surface area (Å²) in [5, 5.41) is 8.49. The Bertz CT molecular complexity index is 507. The molecule has 0 heterocycles. The van der Waals surface area contributed by atoms with Crippen molar-refractivity contribution in [2.45, 2.75) is 43.8 Å². The first-order valence-corrected chi connectivity index (χ1v) is 10.0. The van der Waals surface area contributed by atoms with Gasteiger partial charge in [0.15, 0.2) is 5.11 Å². The zero-order valence-electron chi connectivity index (χ0n) is 13.6. The Hall–Kier alpha value is -0.650. The Kier molecular flexibility index (Phi) is 8.34. The number of halogens is 1. The van der Waals surface area contributed by atoms with E-state index < -0.39 is 0 Å². The summed E-state index contributed by atoms with van der Waals surface area (Å²) in [6.07, 6.45) is 8.18. The monoisotopic (exact) mass is 372 g/mol. The smallest absolute Gasteiger partial charge is 0.170 e. The number of hydrogen-bond acceptors (Lipinski definition) is 3. The molecule has 0 unspecified atom stereocenters. The molecule has 1 fully saturated rings. The molecule has 0 radical (unpaired) electrons. The Labute approximate surface area is 153 Å². The van der Waals surface area contributed by atoms with Gasteiger partial charge in [-0.25, -0.2) is 0 Å². The summed E-state index contributed by atoms with van der Waals surface area (Å²) >= 11 is 13.5. The van der Waals surface area contributed by atoms with Crippen molar-refractivity contribution in [2.24, 2.45) is 0 Å². The Morgan fingerprint density at radius 3 is 2.83 bits per heavy atom. The highest BCUT2D eigenvalue weighted by Crippen LogP contribution is 2.28. The van der Waals surface area contributed by atoms with Crippen molar-refractivity contribution in [2.75, 3.05) is 24.7 Å². The molecule has 128 valence electrons. The van der Waals surface area contributed by atoms with Crippen LogP contribution < -0.4 is 15.4 Å². The second-order valence-corrected chi connectivity index (χ2v) is 7.94. The summed E-state index contributed by atoms with van der Waals surface area (Å²) in [6, 6.07) is 5.54. The van der Waals surface area contributed by atoms with Crippen LogP contribution in [0, 0.1) is 0 Å². The minimum absolute atomic E-state index is 0.573. The molecule has 2 N–H and O–H groups in total. The fourth-order valence-corrected chi connectivity index (χ4v) is 4.46. The molecule has 1 aliphatic rings. The van der Waals surface area contributed by atoms with Gasteiger partial charge in [0.2, 0.25) is 0 Å². The zero-order chi connectivity index (χ0) is 16.5. The van der Waals surface area contributed by atoms with Crippen molar-refractivity contribution >= 4 is 46.4 Å². The highest BCUT2D eigenvalue weighted by atomic mass is 35.5. The molecule has 6 heteroatoms. The molecular weight excluding hydrogens is 348 g/mol. The van der Waals surface area contributed by atoms with E-state index in [1.807, 2.05) is 18.2 Å². The number of hydrogen-bond donors (Lipinski definition) is 2. The maximum atomic E-state index is 6.10. The van der Waals surface area contributed by atoms with Crippen LogP contribution in [0.3, 0.4) is 0 Å². The first kappa shape index (κ1) is 18.7. The number of thioether (sulfide) groups is 1. The second kappa shape index (κ2) is 10.3. The van der Waals surface area contributed by atoms with E-state index in [9.17, 15) is 0 Å². The van der Waals surface area contributed by atoms with Crippen LogP contribution in [0.25, 0.3) is 0 Å². The van der Waals surface area contributed by atoms with E-state index in [0.29, 0.717) is 15.9 Å². The lowest BCUT2D eigenvalue weighted by molar-refractivity contribution is 0.415. The van der Waals surface area contributed by atoms with Crippen molar-refractivity contribution in [1.82, 2.24) is 5.32 Å². The number of ether oxygens (including phenoxy) is 1. The second-order valence-electron chi connectivity index (χ2n) is 5.71. The quantitative estimate of drug-likeness (QED) is 0.514. The highest BCUT2D eigenvalue weighted by molar-refractivity contribution is 7.99. The van der Waals surface area contributed by atoms with Crippen LogP contribution in [0.4, 0.5) is 5.69 Å². The van der Waals surface area contributed by atoms with E-state index in [2.05, 4.69) is 22.4 Å². The zero-order valence-corrected chi connectivity index (χ0v) is 16.0. The molecule has 0 aliphatic heterocycles. The van der Waals surface area contributed by atoms with Gasteiger partial charge in [0.25, 0.3) is 0 Å². The number of anilines is 1. The third kappa shape index (κ3) is 6.77. The van der Waals surface area contributed by atoms with Crippen molar-refractivity contribution in [3.63, 3.8) is 0 Å².